The molecule has 34 heavy (non-hydrogen) atoms. The highest BCUT2D eigenvalue weighted by atomic mass is 16.6. The van der Waals surface area contributed by atoms with Crippen molar-refractivity contribution in [1.29, 1.82) is 0 Å². The Morgan fingerprint density at radius 3 is 2.53 bits per heavy atom. The summed E-state index contributed by atoms with van der Waals surface area (Å²) in [5.74, 6) is -0.566. The van der Waals surface area contributed by atoms with Crippen molar-refractivity contribution in [2.75, 3.05) is 43.6 Å². The van der Waals surface area contributed by atoms with Crippen molar-refractivity contribution in [2.24, 2.45) is 5.41 Å². The molecular formula is C23H23N5O6. The van der Waals surface area contributed by atoms with E-state index in [2.05, 4.69) is 10.2 Å². The lowest BCUT2D eigenvalue weighted by Gasteiger charge is -2.55. The van der Waals surface area contributed by atoms with Gasteiger partial charge in [0, 0.05) is 56.6 Å². The SMILES string of the molecule is COc1ccc(N2CCN3c4ccc([N+](=O)[O-])cc4C[C@]4(C(=O)NC(=O)N(C)C4=O)[C@H]3C2)cc1. The van der Waals surface area contributed by atoms with Crippen LogP contribution < -0.4 is 19.9 Å². The summed E-state index contributed by atoms with van der Waals surface area (Å²) in [4.78, 5) is 55.0. The molecule has 0 aliphatic carbocycles. The van der Waals surface area contributed by atoms with Crippen LogP contribution in [0.2, 0.25) is 0 Å². The van der Waals surface area contributed by atoms with Crippen LogP contribution in [0.25, 0.3) is 0 Å². The van der Waals surface area contributed by atoms with Crippen molar-refractivity contribution in [3.8, 4) is 5.75 Å². The van der Waals surface area contributed by atoms with Gasteiger partial charge in [-0.05, 0) is 35.9 Å². The fraction of sp³-hybridized carbons (Fsp3) is 0.348. The van der Waals surface area contributed by atoms with Crippen LogP contribution in [0.1, 0.15) is 5.56 Å². The molecule has 2 aromatic carbocycles. The van der Waals surface area contributed by atoms with Crippen LogP contribution in [0.5, 0.6) is 5.75 Å². The van der Waals surface area contributed by atoms with Crippen LogP contribution in [0, 0.1) is 15.5 Å². The van der Waals surface area contributed by atoms with Gasteiger partial charge in [0.2, 0.25) is 11.8 Å². The standard InChI is InChI=1S/C23H23N5O6/c1-25-21(30)23(20(29)24-22(25)31)12-14-11-16(28(32)33)5-8-18(14)27-10-9-26(13-19(23)27)15-3-6-17(34-2)7-4-15/h3-8,11,19H,9-10,12-13H2,1-2H3,(H,24,29,31)/t19-,23-/m1/s1. The van der Waals surface area contributed by atoms with Gasteiger partial charge in [-0.15, -0.1) is 0 Å². The number of carbonyl (C=O) groups is 3. The number of nitro groups is 1. The Kier molecular flexibility index (Phi) is 4.92. The summed E-state index contributed by atoms with van der Waals surface area (Å²) < 4.78 is 5.24. The number of fused-ring (bicyclic) bond motifs is 4. The van der Waals surface area contributed by atoms with Crippen molar-refractivity contribution in [2.45, 2.75) is 12.5 Å². The van der Waals surface area contributed by atoms with Gasteiger partial charge in [-0.2, -0.15) is 0 Å². The lowest BCUT2D eigenvalue weighted by Crippen LogP contribution is -2.74. The highest BCUT2D eigenvalue weighted by Crippen LogP contribution is 2.46. The van der Waals surface area contributed by atoms with Crippen LogP contribution in [0.15, 0.2) is 42.5 Å². The summed E-state index contributed by atoms with van der Waals surface area (Å²) in [5, 5.41) is 13.7. The third-order valence-electron chi connectivity index (χ3n) is 7.06. The number of anilines is 2. The van der Waals surface area contributed by atoms with Crippen molar-refractivity contribution in [3.05, 3.63) is 58.1 Å². The van der Waals surface area contributed by atoms with E-state index in [4.69, 9.17) is 4.74 Å². The second kappa shape index (κ2) is 7.72. The summed E-state index contributed by atoms with van der Waals surface area (Å²) in [7, 11) is 2.93. The molecule has 3 heterocycles. The minimum absolute atomic E-state index is 0.0378. The number of non-ortho nitro benzene ring substituents is 1. The van der Waals surface area contributed by atoms with E-state index in [1.807, 2.05) is 29.2 Å². The summed E-state index contributed by atoms with van der Waals surface area (Å²) >= 11 is 0. The van der Waals surface area contributed by atoms with E-state index in [1.54, 1.807) is 13.2 Å². The number of urea groups is 1. The number of amides is 4. The molecule has 4 amide bonds. The molecule has 0 bridgehead atoms. The Bertz CT molecular complexity index is 1210. The Labute approximate surface area is 195 Å². The Hall–Kier alpha value is -4.15. The van der Waals surface area contributed by atoms with E-state index in [0.717, 1.165) is 16.3 Å². The normalized spacial score (nSPS) is 24.0. The van der Waals surface area contributed by atoms with Crippen LogP contribution in [0.3, 0.4) is 0 Å². The predicted octanol–water partition coefficient (Wildman–Crippen LogP) is 1.55. The smallest absolute Gasteiger partial charge is 0.330 e. The zero-order chi connectivity index (χ0) is 24.2. The first-order valence-electron chi connectivity index (χ1n) is 10.8. The van der Waals surface area contributed by atoms with Crippen LogP contribution in [-0.4, -0.2) is 67.5 Å². The molecule has 176 valence electrons. The maximum absolute atomic E-state index is 13.6. The first kappa shape index (κ1) is 21.7. The van der Waals surface area contributed by atoms with E-state index in [0.29, 0.717) is 30.9 Å². The molecule has 1 spiro atoms. The molecule has 2 atom stereocenters. The number of hydrogen-bond acceptors (Lipinski definition) is 8. The fourth-order valence-corrected chi connectivity index (χ4v) is 5.28. The van der Waals surface area contributed by atoms with Gasteiger partial charge < -0.3 is 14.5 Å². The summed E-state index contributed by atoms with van der Waals surface area (Å²) in [6.07, 6.45) is -0.0378. The van der Waals surface area contributed by atoms with Gasteiger partial charge in [-0.3, -0.25) is 29.9 Å². The topological polar surface area (TPSA) is 125 Å². The van der Waals surface area contributed by atoms with E-state index in [1.165, 1.54) is 19.2 Å². The van der Waals surface area contributed by atoms with E-state index in [-0.39, 0.29) is 12.1 Å². The van der Waals surface area contributed by atoms with Gasteiger partial charge >= 0.3 is 6.03 Å². The molecule has 11 heteroatoms. The first-order valence-corrected chi connectivity index (χ1v) is 10.8. The average Bonchev–Trinajstić information content (AvgIpc) is 2.85. The molecule has 2 aromatic rings. The molecule has 0 radical (unpaired) electrons. The maximum Gasteiger partial charge on any atom is 0.330 e. The number of barbiturate groups is 1. The summed E-state index contributed by atoms with van der Waals surface area (Å²) in [6.45, 7) is 1.45. The zero-order valence-electron chi connectivity index (χ0n) is 18.7. The summed E-state index contributed by atoms with van der Waals surface area (Å²) in [5.41, 5.74) is 0.497. The van der Waals surface area contributed by atoms with E-state index < -0.39 is 34.2 Å². The number of nitrogens with zero attached hydrogens (tertiary/aromatic N) is 4. The number of nitro benzene ring substituents is 1. The average molecular weight is 465 g/mol. The predicted molar refractivity (Wildman–Crippen MR) is 122 cm³/mol. The number of carbonyl (C=O) groups excluding carboxylic acids is 3. The lowest BCUT2D eigenvalue weighted by atomic mass is 9.67. The van der Waals surface area contributed by atoms with Gasteiger partial charge in [0.1, 0.15) is 5.75 Å². The number of hydrogen-bond donors (Lipinski definition) is 1. The molecule has 0 aromatic heterocycles. The first-order chi connectivity index (χ1) is 16.3. The van der Waals surface area contributed by atoms with E-state index >= 15 is 0 Å². The summed E-state index contributed by atoms with van der Waals surface area (Å²) in [6, 6.07) is 10.7. The molecule has 0 saturated carbocycles. The Balaban J connectivity index is 1.61. The Morgan fingerprint density at radius 2 is 1.85 bits per heavy atom. The molecule has 0 unspecified atom stereocenters. The minimum Gasteiger partial charge on any atom is -0.497 e. The molecular weight excluding hydrogens is 442 g/mol. The molecule has 3 aliphatic rings. The quantitative estimate of drug-likeness (QED) is 0.411. The second-order valence-electron chi connectivity index (χ2n) is 8.69. The highest BCUT2D eigenvalue weighted by molar-refractivity contribution is 6.20. The molecule has 2 fully saturated rings. The number of piperazine rings is 1. The van der Waals surface area contributed by atoms with Crippen molar-refractivity contribution < 1.29 is 24.0 Å². The molecule has 5 rings (SSSR count). The van der Waals surface area contributed by atoms with Gasteiger partial charge in [0.25, 0.3) is 5.69 Å². The lowest BCUT2D eigenvalue weighted by molar-refractivity contribution is -0.384. The third kappa shape index (κ3) is 3.07. The third-order valence-corrected chi connectivity index (χ3v) is 7.06. The number of ether oxygens (including phenoxy) is 1. The molecule has 3 aliphatic heterocycles. The number of imide groups is 2. The molecule has 2 saturated heterocycles. The molecule has 1 N–H and O–H groups in total. The van der Waals surface area contributed by atoms with Crippen molar-refractivity contribution >= 4 is 34.9 Å². The number of benzene rings is 2. The van der Waals surface area contributed by atoms with Crippen molar-refractivity contribution in [1.82, 2.24) is 10.2 Å². The van der Waals surface area contributed by atoms with Gasteiger partial charge in [-0.1, -0.05) is 0 Å². The highest BCUT2D eigenvalue weighted by Gasteiger charge is 2.62. The van der Waals surface area contributed by atoms with Gasteiger partial charge in [-0.25, -0.2) is 4.79 Å². The van der Waals surface area contributed by atoms with E-state index in [9.17, 15) is 24.5 Å². The van der Waals surface area contributed by atoms with Crippen LogP contribution >= 0.6 is 0 Å². The number of nitrogens with one attached hydrogen (secondary N) is 1. The largest absolute Gasteiger partial charge is 0.497 e. The van der Waals surface area contributed by atoms with Crippen LogP contribution in [0.4, 0.5) is 21.9 Å². The molecule has 11 nitrogen and oxygen atoms in total. The number of methoxy groups -OCH3 is 1. The van der Waals surface area contributed by atoms with Crippen molar-refractivity contribution in [3.63, 3.8) is 0 Å². The van der Waals surface area contributed by atoms with Gasteiger partial charge in [0.05, 0.1) is 18.1 Å². The van der Waals surface area contributed by atoms with Crippen LogP contribution in [-0.2, 0) is 16.0 Å². The maximum atomic E-state index is 13.6. The monoisotopic (exact) mass is 465 g/mol. The Morgan fingerprint density at radius 1 is 1.12 bits per heavy atom. The second-order valence-corrected chi connectivity index (χ2v) is 8.69. The van der Waals surface area contributed by atoms with Gasteiger partial charge in [0.15, 0.2) is 5.41 Å². The minimum atomic E-state index is -1.60. The number of rotatable bonds is 3. The fourth-order valence-electron chi connectivity index (χ4n) is 5.28. The zero-order valence-corrected chi connectivity index (χ0v) is 18.7.